The van der Waals surface area contributed by atoms with Crippen LogP contribution >= 0.6 is 0 Å². The average molecular weight is 538 g/mol. The van der Waals surface area contributed by atoms with Crippen LogP contribution in [0.5, 0.6) is 5.75 Å². The second kappa shape index (κ2) is 10.4. The quantitative estimate of drug-likeness (QED) is 0.292. The normalized spacial score (nSPS) is 13.2. The summed E-state index contributed by atoms with van der Waals surface area (Å²) in [6.07, 6.45) is 0.836. The number of nitrogens with one attached hydrogen (secondary N) is 1. The van der Waals surface area contributed by atoms with Crippen LogP contribution in [0.4, 0.5) is 16.2 Å². The Morgan fingerprint density at radius 2 is 1.77 bits per heavy atom. The molecule has 0 saturated carbocycles. The summed E-state index contributed by atoms with van der Waals surface area (Å²) >= 11 is 0. The Bertz CT molecular complexity index is 1600. The van der Waals surface area contributed by atoms with Gasteiger partial charge in [0.2, 0.25) is 0 Å². The fourth-order valence-corrected chi connectivity index (χ4v) is 5.61. The molecule has 3 N–H and O–H groups in total. The molecular formula is C33H39N5O2. The monoisotopic (exact) mass is 537 g/mol. The van der Waals surface area contributed by atoms with Gasteiger partial charge in [-0.15, -0.1) is 0 Å². The van der Waals surface area contributed by atoms with Crippen LogP contribution in [0, 0.1) is 20.8 Å². The molecule has 0 atom stereocenters. The van der Waals surface area contributed by atoms with E-state index in [2.05, 4.69) is 79.8 Å². The van der Waals surface area contributed by atoms with Gasteiger partial charge in [-0.2, -0.15) is 5.10 Å². The highest BCUT2D eigenvalue weighted by atomic mass is 16.5. The third-order valence-corrected chi connectivity index (χ3v) is 7.84. The van der Waals surface area contributed by atoms with Crippen molar-refractivity contribution in [3.8, 4) is 22.7 Å². The summed E-state index contributed by atoms with van der Waals surface area (Å²) in [5.41, 5.74) is 17.3. The fourth-order valence-electron chi connectivity index (χ4n) is 5.61. The summed E-state index contributed by atoms with van der Waals surface area (Å²) in [7, 11) is 1.70. The maximum absolute atomic E-state index is 11.5. The van der Waals surface area contributed by atoms with Crippen molar-refractivity contribution in [2.24, 2.45) is 5.73 Å². The number of ether oxygens (including phenoxy) is 1. The van der Waals surface area contributed by atoms with Gasteiger partial charge < -0.3 is 20.7 Å². The molecule has 0 radical (unpaired) electrons. The Morgan fingerprint density at radius 3 is 2.45 bits per heavy atom. The minimum atomic E-state index is -0.577. The van der Waals surface area contributed by atoms with Gasteiger partial charge >= 0.3 is 6.03 Å². The maximum Gasteiger partial charge on any atom is 0.316 e. The smallest absolute Gasteiger partial charge is 0.316 e. The van der Waals surface area contributed by atoms with E-state index in [-0.39, 0.29) is 5.41 Å². The number of carbonyl (C=O) groups is 1. The first-order valence-corrected chi connectivity index (χ1v) is 13.8. The minimum Gasteiger partial charge on any atom is -0.494 e. The number of methoxy groups -OCH3 is 1. The summed E-state index contributed by atoms with van der Waals surface area (Å²) in [5.74, 6) is 0.774. The summed E-state index contributed by atoms with van der Waals surface area (Å²) in [6, 6.07) is 18.3. The lowest BCUT2D eigenvalue weighted by Gasteiger charge is -2.32. The lowest BCUT2D eigenvalue weighted by Crippen LogP contribution is -2.31. The van der Waals surface area contributed by atoms with Crippen molar-refractivity contribution in [2.45, 2.75) is 59.9 Å². The van der Waals surface area contributed by atoms with Gasteiger partial charge in [0.1, 0.15) is 11.4 Å². The molecule has 1 aromatic heterocycles. The van der Waals surface area contributed by atoms with E-state index in [1.807, 2.05) is 31.2 Å². The van der Waals surface area contributed by atoms with Gasteiger partial charge in [0, 0.05) is 42.0 Å². The molecule has 0 fully saturated rings. The van der Waals surface area contributed by atoms with Crippen LogP contribution in [0.25, 0.3) is 16.9 Å². The van der Waals surface area contributed by atoms with Crippen molar-refractivity contribution in [1.82, 2.24) is 9.78 Å². The van der Waals surface area contributed by atoms with Crippen molar-refractivity contribution >= 4 is 17.4 Å². The van der Waals surface area contributed by atoms with E-state index >= 15 is 0 Å². The zero-order valence-electron chi connectivity index (χ0n) is 24.6. The number of urea groups is 1. The van der Waals surface area contributed by atoms with Gasteiger partial charge in [-0.3, -0.25) is 0 Å². The van der Waals surface area contributed by atoms with E-state index in [0.717, 1.165) is 59.0 Å². The molecule has 40 heavy (non-hydrogen) atoms. The number of primary amides is 1. The van der Waals surface area contributed by atoms with Crippen LogP contribution in [0.2, 0.25) is 0 Å². The van der Waals surface area contributed by atoms with E-state index in [0.29, 0.717) is 5.69 Å². The second-order valence-corrected chi connectivity index (χ2v) is 11.8. The number of rotatable bonds is 5. The first-order chi connectivity index (χ1) is 19.0. The molecule has 7 heteroatoms. The maximum atomic E-state index is 11.5. The fraction of sp³-hybridized carbons (Fsp3) is 0.333. The number of nitrogens with zero attached hydrogens (tertiary/aromatic N) is 3. The Labute approximate surface area is 237 Å². The Morgan fingerprint density at radius 1 is 1.00 bits per heavy atom. The molecule has 0 bridgehead atoms. The number of amides is 2. The van der Waals surface area contributed by atoms with Crippen LogP contribution < -0.4 is 20.7 Å². The van der Waals surface area contributed by atoms with Crippen LogP contribution in [-0.2, 0) is 18.4 Å². The molecule has 0 spiro atoms. The molecule has 2 amide bonds. The van der Waals surface area contributed by atoms with Gasteiger partial charge in [-0.05, 0) is 72.7 Å². The summed E-state index contributed by atoms with van der Waals surface area (Å²) in [5, 5.41) is 7.92. The van der Waals surface area contributed by atoms with E-state index in [4.69, 9.17) is 15.6 Å². The van der Waals surface area contributed by atoms with E-state index < -0.39 is 6.03 Å². The van der Waals surface area contributed by atoms with Crippen LogP contribution in [-0.4, -0.2) is 29.5 Å². The third-order valence-electron chi connectivity index (χ3n) is 7.84. The standard InChI is InChI=1S/C33H39N5O2/c1-20-11-13-24(33(4,5)6)18-28(20)37-16-15-27-25(19-37)31(23-12-14-26(22(3)17-23)35-32(34)39)38(36-27)30-21(2)9-8-10-29(30)40-7/h8-14,17-18H,15-16,19H2,1-7H3,(H3,34,35,39). The third kappa shape index (κ3) is 5.04. The SMILES string of the molecule is COc1cccc(C)c1-n1nc2c(c1-c1ccc(NC(N)=O)c(C)c1)CN(c1cc(C(C)(C)C)ccc1C)CC2. The van der Waals surface area contributed by atoms with Crippen molar-refractivity contribution in [3.05, 3.63) is 88.1 Å². The number of hydrogen-bond acceptors (Lipinski definition) is 4. The van der Waals surface area contributed by atoms with E-state index in [9.17, 15) is 4.79 Å². The van der Waals surface area contributed by atoms with Crippen molar-refractivity contribution in [1.29, 1.82) is 0 Å². The summed E-state index contributed by atoms with van der Waals surface area (Å²) in [6.45, 7) is 14.7. The second-order valence-electron chi connectivity index (χ2n) is 11.8. The molecule has 0 saturated heterocycles. The molecule has 5 rings (SSSR count). The molecule has 208 valence electrons. The molecular weight excluding hydrogens is 498 g/mol. The highest BCUT2D eigenvalue weighted by Crippen LogP contribution is 2.39. The number of para-hydroxylation sites is 1. The van der Waals surface area contributed by atoms with Gasteiger partial charge in [-0.1, -0.05) is 51.1 Å². The Hall–Kier alpha value is -4.26. The lowest BCUT2D eigenvalue weighted by molar-refractivity contribution is 0.259. The number of anilines is 2. The first kappa shape index (κ1) is 27.3. The van der Waals surface area contributed by atoms with Gasteiger partial charge in [0.05, 0.1) is 18.5 Å². The lowest BCUT2D eigenvalue weighted by atomic mass is 9.86. The van der Waals surface area contributed by atoms with Crippen molar-refractivity contribution in [2.75, 3.05) is 23.9 Å². The van der Waals surface area contributed by atoms with Crippen molar-refractivity contribution < 1.29 is 9.53 Å². The molecule has 7 nitrogen and oxygen atoms in total. The number of fused-ring (bicyclic) bond motifs is 1. The van der Waals surface area contributed by atoms with Gasteiger partial charge in [0.25, 0.3) is 0 Å². The summed E-state index contributed by atoms with van der Waals surface area (Å²) in [4.78, 5) is 14.0. The number of hydrogen-bond donors (Lipinski definition) is 2. The Balaban J connectivity index is 1.69. The number of nitrogens with two attached hydrogens (primary N) is 1. The minimum absolute atomic E-state index is 0.0685. The van der Waals surface area contributed by atoms with Crippen molar-refractivity contribution in [3.63, 3.8) is 0 Å². The Kier molecular flexibility index (Phi) is 7.08. The predicted octanol–water partition coefficient (Wildman–Crippen LogP) is 6.82. The molecule has 3 aromatic carbocycles. The average Bonchev–Trinajstić information content (AvgIpc) is 3.27. The first-order valence-electron chi connectivity index (χ1n) is 13.8. The number of benzene rings is 3. The molecule has 1 aliphatic rings. The van der Waals surface area contributed by atoms with E-state index in [1.54, 1.807) is 7.11 Å². The zero-order chi connectivity index (χ0) is 28.8. The van der Waals surface area contributed by atoms with Gasteiger partial charge in [-0.25, -0.2) is 9.48 Å². The van der Waals surface area contributed by atoms with E-state index in [1.165, 1.54) is 22.4 Å². The zero-order valence-corrected chi connectivity index (χ0v) is 24.6. The highest BCUT2D eigenvalue weighted by Gasteiger charge is 2.29. The molecule has 2 heterocycles. The number of carbonyl (C=O) groups excluding carboxylic acids is 1. The largest absolute Gasteiger partial charge is 0.494 e. The molecule has 0 aliphatic carbocycles. The van der Waals surface area contributed by atoms with Crippen LogP contribution in [0.3, 0.4) is 0 Å². The molecule has 1 aliphatic heterocycles. The molecule has 0 unspecified atom stereocenters. The molecule has 4 aromatic rings. The number of aromatic nitrogens is 2. The van der Waals surface area contributed by atoms with Gasteiger partial charge in [0.15, 0.2) is 0 Å². The summed E-state index contributed by atoms with van der Waals surface area (Å²) < 4.78 is 7.86. The topological polar surface area (TPSA) is 85.4 Å². The highest BCUT2D eigenvalue weighted by molar-refractivity contribution is 5.89. The number of aryl methyl sites for hydroxylation is 3. The van der Waals surface area contributed by atoms with Crippen LogP contribution in [0.15, 0.2) is 54.6 Å². The van der Waals surface area contributed by atoms with Crippen LogP contribution in [0.1, 0.15) is 54.3 Å². The predicted molar refractivity (Wildman–Crippen MR) is 163 cm³/mol.